The van der Waals surface area contributed by atoms with Crippen molar-refractivity contribution >= 4 is 34.7 Å². The highest BCUT2D eigenvalue weighted by atomic mass is 32.2. The van der Waals surface area contributed by atoms with Crippen molar-refractivity contribution in [3.63, 3.8) is 0 Å². The summed E-state index contributed by atoms with van der Waals surface area (Å²) in [6.07, 6.45) is 5.77. The quantitative estimate of drug-likeness (QED) is 0.549. The maximum Gasteiger partial charge on any atom is 0.266 e. The molecule has 0 unspecified atom stereocenters. The molecular weight excluding hydrogens is 348 g/mol. The Morgan fingerprint density at radius 2 is 1.84 bits per heavy atom. The van der Waals surface area contributed by atoms with Gasteiger partial charge in [-0.2, -0.15) is 0 Å². The van der Waals surface area contributed by atoms with Gasteiger partial charge in [0.2, 0.25) is 0 Å². The van der Waals surface area contributed by atoms with Crippen molar-refractivity contribution in [2.45, 2.75) is 30.4 Å². The highest BCUT2D eigenvalue weighted by molar-refractivity contribution is 7.98. The molecule has 0 spiro atoms. The average molecular weight is 369 g/mol. The first-order valence-electron chi connectivity index (χ1n) is 8.25. The van der Waals surface area contributed by atoms with E-state index in [-0.39, 0.29) is 5.91 Å². The fourth-order valence-electron chi connectivity index (χ4n) is 2.45. The van der Waals surface area contributed by atoms with E-state index in [1.165, 1.54) is 22.5 Å². The maximum atomic E-state index is 12.6. The van der Waals surface area contributed by atoms with Crippen molar-refractivity contribution in [3.05, 3.63) is 76.2 Å². The lowest BCUT2D eigenvalue weighted by atomic mass is 10.1. The number of amides is 1. The summed E-state index contributed by atoms with van der Waals surface area (Å²) in [4.78, 5) is 18.4. The number of benzene rings is 1. The number of carbonyl (C=O) groups is 1. The van der Waals surface area contributed by atoms with E-state index in [1.54, 1.807) is 24.2 Å². The lowest BCUT2D eigenvalue weighted by Gasteiger charge is -2.07. The Bertz CT molecular complexity index is 813. The molecule has 128 valence electrons. The van der Waals surface area contributed by atoms with Crippen molar-refractivity contribution in [2.75, 3.05) is 5.32 Å². The molecule has 3 rings (SSSR count). The third kappa shape index (κ3) is 4.94. The molecule has 0 aliphatic carbocycles. The molecule has 0 bridgehead atoms. The topological polar surface area (TPSA) is 42.0 Å². The van der Waals surface area contributed by atoms with E-state index in [0.29, 0.717) is 0 Å². The molecule has 5 heteroatoms. The van der Waals surface area contributed by atoms with Gasteiger partial charge in [-0.1, -0.05) is 25.5 Å². The molecule has 0 saturated carbocycles. The van der Waals surface area contributed by atoms with Gasteiger partial charge >= 0.3 is 0 Å². The minimum Gasteiger partial charge on any atom is -0.321 e. The van der Waals surface area contributed by atoms with E-state index in [1.807, 2.05) is 35.7 Å². The predicted molar refractivity (Wildman–Crippen MR) is 107 cm³/mol. The van der Waals surface area contributed by atoms with Gasteiger partial charge in [-0.05, 0) is 53.3 Å². The van der Waals surface area contributed by atoms with Crippen LogP contribution in [0.5, 0.6) is 0 Å². The molecule has 3 nitrogen and oxygen atoms in total. The summed E-state index contributed by atoms with van der Waals surface area (Å²) >= 11 is 3.15. The summed E-state index contributed by atoms with van der Waals surface area (Å²) in [5.74, 6) is 0.779. The first-order valence-corrected chi connectivity index (χ1v) is 10.1. The number of nitrogens with one attached hydrogen (secondary N) is 1. The van der Waals surface area contributed by atoms with Crippen molar-refractivity contribution in [3.8, 4) is 0 Å². The minimum absolute atomic E-state index is 0.0459. The molecule has 1 amide bonds. The monoisotopic (exact) mass is 368 g/mol. The van der Waals surface area contributed by atoms with Crippen LogP contribution in [0.2, 0.25) is 0 Å². The zero-order valence-electron chi connectivity index (χ0n) is 14.1. The molecule has 3 aromatic rings. The maximum absolute atomic E-state index is 12.6. The number of nitrogens with zero attached hydrogens (tertiary/aromatic N) is 1. The van der Waals surface area contributed by atoms with Gasteiger partial charge in [-0.15, -0.1) is 23.1 Å². The third-order valence-electron chi connectivity index (χ3n) is 3.73. The van der Waals surface area contributed by atoms with Crippen LogP contribution in [0.3, 0.4) is 0 Å². The fraction of sp³-hybridized carbons (Fsp3) is 0.200. The summed E-state index contributed by atoms with van der Waals surface area (Å²) in [6, 6.07) is 14.1. The van der Waals surface area contributed by atoms with Crippen LogP contribution in [0.25, 0.3) is 0 Å². The number of thiophene rings is 1. The summed E-state index contributed by atoms with van der Waals surface area (Å²) < 4.78 is 0. The van der Waals surface area contributed by atoms with Gasteiger partial charge in [0.1, 0.15) is 4.88 Å². The van der Waals surface area contributed by atoms with Crippen LogP contribution in [0.1, 0.15) is 34.1 Å². The summed E-state index contributed by atoms with van der Waals surface area (Å²) in [7, 11) is 0. The number of aromatic nitrogens is 1. The number of hydrogen-bond donors (Lipinski definition) is 1. The Hall–Kier alpha value is -2.11. The molecular formula is C20H20N2OS2. The first kappa shape index (κ1) is 17.7. The third-order valence-corrected chi connectivity index (χ3v) is 5.90. The number of anilines is 1. The minimum atomic E-state index is -0.0459. The second-order valence-corrected chi connectivity index (χ2v) is 7.59. The van der Waals surface area contributed by atoms with Gasteiger partial charge in [0.05, 0.1) is 0 Å². The standard InChI is InChI=1S/C20H20N2OS2/c1-2-3-15-4-6-17(7-5-15)22-20(23)19-18(10-13-24-19)25-14-16-8-11-21-12-9-16/h4-13H,2-3,14H2,1H3,(H,22,23). The lowest BCUT2D eigenvalue weighted by Crippen LogP contribution is -2.11. The van der Waals surface area contributed by atoms with Gasteiger partial charge in [0, 0.05) is 28.7 Å². The number of aryl methyl sites for hydroxylation is 1. The van der Waals surface area contributed by atoms with E-state index in [9.17, 15) is 4.79 Å². The highest BCUT2D eigenvalue weighted by Gasteiger charge is 2.14. The lowest BCUT2D eigenvalue weighted by molar-refractivity contribution is 0.102. The smallest absolute Gasteiger partial charge is 0.266 e. The summed E-state index contributed by atoms with van der Waals surface area (Å²) in [5.41, 5.74) is 3.33. The molecule has 0 saturated heterocycles. The van der Waals surface area contributed by atoms with Crippen LogP contribution in [0.15, 0.2) is 65.1 Å². The van der Waals surface area contributed by atoms with Crippen molar-refractivity contribution in [1.29, 1.82) is 0 Å². The number of pyridine rings is 1. The van der Waals surface area contributed by atoms with E-state index in [0.717, 1.165) is 34.1 Å². The van der Waals surface area contributed by atoms with E-state index in [4.69, 9.17) is 0 Å². The number of carbonyl (C=O) groups excluding carboxylic acids is 1. The van der Waals surface area contributed by atoms with Crippen LogP contribution in [-0.2, 0) is 12.2 Å². The number of rotatable bonds is 7. The first-order chi connectivity index (χ1) is 12.3. The molecule has 25 heavy (non-hydrogen) atoms. The van der Waals surface area contributed by atoms with Crippen LogP contribution in [-0.4, -0.2) is 10.9 Å². The second kappa shape index (κ2) is 8.83. The van der Waals surface area contributed by atoms with Gasteiger partial charge in [-0.3, -0.25) is 9.78 Å². The number of thioether (sulfide) groups is 1. The molecule has 2 heterocycles. The predicted octanol–water partition coefficient (Wildman–Crippen LogP) is 5.64. The largest absolute Gasteiger partial charge is 0.321 e. The SMILES string of the molecule is CCCc1ccc(NC(=O)c2sccc2SCc2ccncc2)cc1. The van der Waals surface area contributed by atoms with Crippen LogP contribution in [0.4, 0.5) is 5.69 Å². The normalized spacial score (nSPS) is 10.6. The zero-order chi connectivity index (χ0) is 17.5. The van der Waals surface area contributed by atoms with Gasteiger partial charge in [0.25, 0.3) is 5.91 Å². The Labute approximate surface area is 156 Å². The van der Waals surface area contributed by atoms with Crippen molar-refractivity contribution in [2.24, 2.45) is 0 Å². The van der Waals surface area contributed by atoms with E-state index < -0.39 is 0 Å². The Morgan fingerprint density at radius 1 is 1.08 bits per heavy atom. The van der Waals surface area contributed by atoms with Crippen LogP contribution >= 0.6 is 23.1 Å². The summed E-state index contributed by atoms with van der Waals surface area (Å²) in [6.45, 7) is 2.16. The zero-order valence-corrected chi connectivity index (χ0v) is 15.7. The molecule has 1 aromatic carbocycles. The molecule has 0 atom stereocenters. The van der Waals surface area contributed by atoms with Gasteiger partial charge in [0.15, 0.2) is 0 Å². The number of hydrogen-bond acceptors (Lipinski definition) is 4. The molecule has 0 aliphatic heterocycles. The highest BCUT2D eigenvalue weighted by Crippen LogP contribution is 2.30. The summed E-state index contributed by atoms with van der Waals surface area (Å²) in [5, 5.41) is 4.97. The van der Waals surface area contributed by atoms with Crippen LogP contribution < -0.4 is 5.32 Å². The van der Waals surface area contributed by atoms with Crippen molar-refractivity contribution < 1.29 is 4.79 Å². The molecule has 0 aliphatic rings. The fourth-order valence-corrected chi connectivity index (χ4v) is 4.44. The Morgan fingerprint density at radius 3 is 2.56 bits per heavy atom. The molecule has 1 N–H and O–H groups in total. The van der Waals surface area contributed by atoms with Gasteiger partial charge < -0.3 is 5.32 Å². The average Bonchev–Trinajstić information content (AvgIpc) is 3.11. The molecule has 0 fully saturated rings. The van der Waals surface area contributed by atoms with Crippen LogP contribution in [0, 0.1) is 0 Å². The van der Waals surface area contributed by atoms with Gasteiger partial charge in [-0.25, -0.2) is 0 Å². The van der Waals surface area contributed by atoms with E-state index >= 15 is 0 Å². The Balaban J connectivity index is 1.63. The van der Waals surface area contributed by atoms with E-state index in [2.05, 4.69) is 29.4 Å². The molecule has 0 radical (unpaired) electrons. The van der Waals surface area contributed by atoms with Crippen molar-refractivity contribution in [1.82, 2.24) is 4.98 Å². The second-order valence-electron chi connectivity index (χ2n) is 5.66. The molecule has 2 aromatic heterocycles. The Kier molecular flexibility index (Phi) is 6.25.